The van der Waals surface area contributed by atoms with E-state index >= 15 is 0 Å². The molecule has 2 aromatic carbocycles. The van der Waals surface area contributed by atoms with Gasteiger partial charge in [0.2, 0.25) is 11.8 Å². The van der Waals surface area contributed by atoms with Gasteiger partial charge in [0.1, 0.15) is 34.8 Å². The third kappa shape index (κ3) is 6.94. The summed E-state index contributed by atoms with van der Waals surface area (Å²) < 4.78 is 9.65. The molecule has 2 saturated heterocycles. The van der Waals surface area contributed by atoms with Crippen LogP contribution < -0.4 is 10.6 Å². The van der Waals surface area contributed by atoms with E-state index in [2.05, 4.69) is 68.1 Å². The van der Waals surface area contributed by atoms with E-state index in [4.69, 9.17) is 17.8 Å². The second kappa shape index (κ2) is 15.8. The van der Waals surface area contributed by atoms with Gasteiger partial charge >= 0.3 is 12.2 Å². The number of halogens is 1. The number of carbonyl (C=O) groups is 4. The van der Waals surface area contributed by atoms with Crippen LogP contribution in [0.1, 0.15) is 77.9 Å². The van der Waals surface area contributed by atoms with Crippen molar-refractivity contribution in [3.05, 3.63) is 72.7 Å². The maximum atomic E-state index is 14.1. The van der Waals surface area contributed by atoms with Crippen LogP contribution in [0, 0.1) is 23.7 Å². The summed E-state index contributed by atoms with van der Waals surface area (Å²) in [5, 5.41) is 6.59. The molecule has 4 amide bonds. The van der Waals surface area contributed by atoms with Gasteiger partial charge < -0.3 is 43.2 Å². The summed E-state index contributed by atoms with van der Waals surface area (Å²) in [7, 11) is 1.31. The lowest BCUT2D eigenvalue weighted by Crippen LogP contribution is -2.56. The SMILES string of the molecule is COC(=O)N[C@H](C(=O)N1CC2CCC1(c1ncc(-c3ccc(-c4ccc(-c5cnc(C67CCC(CN6C(=O)[C@@H](NC(=O)OI)C(C)C)C7)[nH]5)cc4)c4cc[nH]c34)[nH]1)C2)C(C)C. The highest BCUT2D eigenvalue weighted by atomic mass is 127. The quantitative estimate of drug-likeness (QED) is 0.0830. The number of fused-ring (bicyclic) bond motifs is 5. The monoisotopic (exact) mass is 941 g/mol. The van der Waals surface area contributed by atoms with Gasteiger partial charge in [0.25, 0.3) is 0 Å². The molecule has 4 aliphatic rings. The maximum Gasteiger partial charge on any atom is 0.417 e. The van der Waals surface area contributed by atoms with Gasteiger partial charge in [-0.2, -0.15) is 0 Å². The molecule has 2 saturated carbocycles. The Kier molecular flexibility index (Phi) is 10.6. The van der Waals surface area contributed by atoms with Crippen molar-refractivity contribution >= 4 is 57.9 Å². The Bertz CT molecular complexity index is 2490. The highest BCUT2D eigenvalue weighted by molar-refractivity contribution is 14.1. The Morgan fingerprint density at radius 2 is 1.26 bits per heavy atom. The number of aromatic nitrogens is 5. The van der Waals surface area contributed by atoms with E-state index in [1.54, 1.807) is 0 Å². The molecule has 6 atom stereocenters. The van der Waals surface area contributed by atoms with Crippen LogP contribution in [0.4, 0.5) is 9.59 Å². The molecule has 15 nitrogen and oxygen atoms in total. The zero-order valence-corrected chi connectivity index (χ0v) is 37.2. The second-order valence-electron chi connectivity index (χ2n) is 18.1. The van der Waals surface area contributed by atoms with Crippen molar-refractivity contribution in [2.45, 2.75) is 89.4 Å². The first-order valence-electron chi connectivity index (χ1n) is 21.2. The summed E-state index contributed by atoms with van der Waals surface area (Å²) in [5.74, 6) is 1.86. The number of rotatable bonds is 11. The lowest BCUT2D eigenvalue weighted by atomic mass is 9.93. The molecule has 5 aromatic rings. The molecule has 4 bridgehead atoms. The summed E-state index contributed by atoms with van der Waals surface area (Å²) >= 11 is 1.53. The Morgan fingerprint density at radius 3 is 1.80 bits per heavy atom. The number of alkyl carbamates (subject to hydrolysis) is 1. The van der Waals surface area contributed by atoms with Gasteiger partial charge in [-0.25, -0.2) is 19.6 Å². The van der Waals surface area contributed by atoms with Gasteiger partial charge in [-0.3, -0.25) is 9.59 Å². The van der Waals surface area contributed by atoms with Crippen LogP contribution in [0.15, 0.2) is 61.1 Å². The summed E-state index contributed by atoms with van der Waals surface area (Å²) in [6.07, 6.45) is 9.74. The van der Waals surface area contributed by atoms with Crippen molar-refractivity contribution in [3.8, 4) is 33.6 Å². The second-order valence-corrected chi connectivity index (χ2v) is 18.5. The highest BCUT2D eigenvalue weighted by Gasteiger charge is 2.58. The van der Waals surface area contributed by atoms with Gasteiger partial charge in [-0.1, -0.05) is 64.1 Å². The Balaban J connectivity index is 0.950. The number of benzene rings is 2. The number of carbonyl (C=O) groups excluding carboxylic acids is 4. The minimum absolute atomic E-state index is 0.110. The number of ether oxygens (including phenoxy) is 1. The fourth-order valence-electron chi connectivity index (χ4n) is 10.8. The third-order valence-electron chi connectivity index (χ3n) is 13.9. The number of amides is 4. The summed E-state index contributed by atoms with van der Waals surface area (Å²) in [6, 6.07) is 13.3. The van der Waals surface area contributed by atoms with Gasteiger partial charge in [0.05, 0.1) is 36.4 Å². The van der Waals surface area contributed by atoms with E-state index in [-0.39, 0.29) is 23.7 Å². The zero-order chi connectivity index (χ0) is 42.8. The van der Waals surface area contributed by atoms with Crippen LogP contribution >= 0.6 is 23.0 Å². The smallest absolute Gasteiger partial charge is 0.417 e. The predicted molar refractivity (Wildman–Crippen MR) is 237 cm³/mol. The molecule has 320 valence electrons. The first-order chi connectivity index (χ1) is 29.3. The third-order valence-corrected chi connectivity index (χ3v) is 14.3. The number of hydrogen-bond acceptors (Lipinski definition) is 8. The Hall–Kier alpha value is -5.39. The Morgan fingerprint density at radius 1 is 0.738 bits per heavy atom. The van der Waals surface area contributed by atoms with Crippen LogP contribution in [-0.4, -0.2) is 91.0 Å². The number of hydrogen-bond donors (Lipinski definition) is 5. The highest BCUT2D eigenvalue weighted by Crippen LogP contribution is 2.54. The van der Waals surface area contributed by atoms with E-state index in [1.807, 2.05) is 56.1 Å². The van der Waals surface area contributed by atoms with Gasteiger partial charge in [-0.15, -0.1) is 0 Å². The number of H-pyrrole nitrogens is 3. The lowest BCUT2D eigenvalue weighted by Gasteiger charge is -2.40. The standard InChI is InChI=1S/C45H52IN9O6/c1-24(2)35(52-42(58)60-5)38(56)54-22-27-13-16-45(54,19-27)41-49-21-34(51-41)32-11-10-30(31-14-17-47-37(31)32)28-6-8-29(9-7-28)33-20-48-40(50-33)44-15-12-26(18-44)23-55(44)39(57)36(25(3)4)53-43(59)61-46/h6-11,14,17,20-21,24-27,35-36,47H,12-13,15-16,18-19,22-23H2,1-5H3,(H,48,50)(H,49,51)(H,52,58)(H,53,59)/t26?,27?,35-,36-,44?,45?/m0/s1. The number of aromatic amines is 3. The van der Waals surface area contributed by atoms with Crippen molar-refractivity contribution in [2.24, 2.45) is 23.7 Å². The largest absolute Gasteiger partial charge is 0.453 e. The number of imidazole rings is 2. The molecular weight excluding hydrogens is 889 g/mol. The molecule has 61 heavy (non-hydrogen) atoms. The average molecular weight is 942 g/mol. The number of likely N-dealkylation sites (tertiary alicyclic amines) is 2. The first kappa shape index (κ1) is 41.0. The molecule has 16 heteroatoms. The Labute approximate surface area is 368 Å². The van der Waals surface area contributed by atoms with Crippen molar-refractivity contribution in [1.29, 1.82) is 0 Å². The van der Waals surface area contributed by atoms with Crippen LogP contribution in [0.5, 0.6) is 0 Å². The van der Waals surface area contributed by atoms with Crippen molar-refractivity contribution < 1.29 is 27.0 Å². The fourth-order valence-corrected chi connectivity index (χ4v) is 10.9. The maximum absolute atomic E-state index is 14.1. The van der Waals surface area contributed by atoms with Crippen LogP contribution in [0.3, 0.4) is 0 Å². The minimum atomic E-state index is -0.702. The molecule has 0 spiro atoms. The lowest BCUT2D eigenvalue weighted by molar-refractivity contribution is -0.141. The van der Waals surface area contributed by atoms with Gasteiger partial charge in [-0.05, 0) is 85.0 Å². The molecule has 5 N–H and O–H groups in total. The fraction of sp³-hybridized carbons (Fsp3) is 0.467. The van der Waals surface area contributed by atoms with Crippen LogP contribution in [0.25, 0.3) is 44.5 Å². The van der Waals surface area contributed by atoms with E-state index in [9.17, 15) is 19.2 Å². The minimum Gasteiger partial charge on any atom is -0.453 e. The molecule has 4 unspecified atom stereocenters. The molecule has 3 aromatic heterocycles. The van der Waals surface area contributed by atoms with E-state index in [1.165, 1.54) is 30.1 Å². The molecule has 2 aliphatic carbocycles. The van der Waals surface area contributed by atoms with E-state index in [0.717, 1.165) is 94.7 Å². The summed E-state index contributed by atoms with van der Waals surface area (Å²) in [5.41, 5.74) is 5.69. The number of piperidine rings is 2. The predicted octanol–water partition coefficient (Wildman–Crippen LogP) is 7.77. The summed E-state index contributed by atoms with van der Waals surface area (Å²) in [4.78, 5) is 76.8. The van der Waals surface area contributed by atoms with E-state index in [0.29, 0.717) is 24.9 Å². The van der Waals surface area contributed by atoms with Crippen molar-refractivity contribution in [2.75, 3.05) is 20.2 Å². The van der Waals surface area contributed by atoms with E-state index < -0.39 is 35.3 Å². The first-order valence-corrected chi connectivity index (χ1v) is 22.1. The number of methoxy groups -OCH3 is 1. The molecule has 0 radical (unpaired) electrons. The van der Waals surface area contributed by atoms with Gasteiger partial charge in [0, 0.05) is 30.2 Å². The van der Waals surface area contributed by atoms with Crippen molar-refractivity contribution in [3.63, 3.8) is 0 Å². The van der Waals surface area contributed by atoms with Crippen LogP contribution in [-0.2, 0) is 28.5 Å². The topological polar surface area (TPSA) is 190 Å². The molecule has 9 rings (SSSR count). The van der Waals surface area contributed by atoms with Gasteiger partial charge in [0.15, 0.2) is 23.0 Å². The number of nitrogens with zero attached hydrogens (tertiary/aromatic N) is 4. The zero-order valence-electron chi connectivity index (χ0n) is 35.0. The molecule has 4 fully saturated rings. The normalized spacial score (nSPS) is 23.9. The molecule has 2 aliphatic heterocycles. The molecular formula is C45H52IN9O6. The summed E-state index contributed by atoms with van der Waals surface area (Å²) in [6.45, 7) is 8.97. The molecule has 5 heterocycles. The number of nitrogens with one attached hydrogen (secondary N) is 5. The average Bonchev–Trinajstić information content (AvgIpc) is 4.13. The van der Waals surface area contributed by atoms with Crippen molar-refractivity contribution in [1.82, 2.24) is 45.4 Å². The van der Waals surface area contributed by atoms with Crippen LogP contribution in [0.2, 0.25) is 0 Å².